The molecule has 0 bridgehead atoms. The van der Waals surface area contributed by atoms with Gasteiger partial charge in [0.25, 0.3) is 0 Å². The molecule has 5 heteroatoms. The van der Waals surface area contributed by atoms with E-state index in [0.717, 1.165) is 28.9 Å². The molecule has 0 saturated heterocycles. The molecule has 2 rings (SSSR count). The van der Waals surface area contributed by atoms with Crippen molar-refractivity contribution in [3.8, 4) is 0 Å². The molecule has 2 aromatic rings. The predicted molar refractivity (Wildman–Crippen MR) is 86.0 cm³/mol. The largest absolute Gasteiger partial charge is 0.310 e. The summed E-state index contributed by atoms with van der Waals surface area (Å²) in [7, 11) is 0. The molecule has 1 aromatic carbocycles. The van der Waals surface area contributed by atoms with Crippen molar-refractivity contribution in [1.82, 2.24) is 10.3 Å². The molecule has 0 amide bonds. The lowest BCUT2D eigenvalue weighted by Crippen LogP contribution is -2.24. The molecule has 1 N–H and O–H groups in total. The van der Waals surface area contributed by atoms with Crippen LogP contribution in [0.1, 0.15) is 29.8 Å². The van der Waals surface area contributed by atoms with E-state index in [4.69, 9.17) is 11.6 Å². The van der Waals surface area contributed by atoms with E-state index >= 15 is 0 Å². The third-order valence-electron chi connectivity index (χ3n) is 2.86. The van der Waals surface area contributed by atoms with Crippen molar-refractivity contribution in [3.05, 3.63) is 49.8 Å². The van der Waals surface area contributed by atoms with E-state index in [1.54, 1.807) is 11.3 Å². The van der Waals surface area contributed by atoms with Gasteiger partial charge >= 0.3 is 0 Å². The van der Waals surface area contributed by atoms with Gasteiger partial charge in [-0.3, -0.25) is 4.98 Å². The first-order chi connectivity index (χ1) is 9.20. The molecule has 0 spiro atoms. The molecule has 2 nitrogen and oxygen atoms in total. The second-order valence-corrected chi connectivity index (χ2v) is 6.61. The van der Waals surface area contributed by atoms with E-state index in [1.807, 2.05) is 29.9 Å². The SMILES string of the molecule is CCCNC(Cc1cncs1)c1cc(Cl)ccc1Br. The van der Waals surface area contributed by atoms with E-state index < -0.39 is 0 Å². The van der Waals surface area contributed by atoms with Crippen LogP contribution in [0.25, 0.3) is 0 Å². The fourth-order valence-electron chi connectivity index (χ4n) is 1.94. The number of aromatic nitrogens is 1. The van der Waals surface area contributed by atoms with Crippen LogP contribution in [0.5, 0.6) is 0 Å². The van der Waals surface area contributed by atoms with Crippen molar-refractivity contribution in [1.29, 1.82) is 0 Å². The van der Waals surface area contributed by atoms with Crippen LogP contribution in [0, 0.1) is 0 Å². The molecule has 1 heterocycles. The third-order valence-corrected chi connectivity index (χ3v) is 4.62. The highest BCUT2D eigenvalue weighted by Gasteiger charge is 2.15. The van der Waals surface area contributed by atoms with Gasteiger partial charge in [0.05, 0.1) is 5.51 Å². The van der Waals surface area contributed by atoms with Gasteiger partial charge in [-0.2, -0.15) is 0 Å². The van der Waals surface area contributed by atoms with Crippen LogP contribution in [-0.4, -0.2) is 11.5 Å². The molecule has 0 aliphatic heterocycles. The lowest BCUT2D eigenvalue weighted by Gasteiger charge is -2.20. The van der Waals surface area contributed by atoms with Gasteiger partial charge in [0.15, 0.2) is 0 Å². The highest BCUT2D eigenvalue weighted by atomic mass is 79.9. The van der Waals surface area contributed by atoms with Crippen LogP contribution in [0.15, 0.2) is 34.4 Å². The summed E-state index contributed by atoms with van der Waals surface area (Å²) < 4.78 is 1.09. The van der Waals surface area contributed by atoms with Crippen LogP contribution < -0.4 is 5.32 Å². The Morgan fingerprint density at radius 2 is 2.32 bits per heavy atom. The molecule has 19 heavy (non-hydrogen) atoms. The summed E-state index contributed by atoms with van der Waals surface area (Å²) in [4.78, 5) is 5.42. The fourth-order valence-corrected chi connectivity index (χ4v) is 3.28. The molecule has 0 aliphatic rings. The molecule has 0 fully saturated rings. The second kappa shape index (κ2) is 7.39. The summed E-state index contributed by atoms with van der Waals surface area (Å²) in [6.07, 6.45) is 3.98. The molecule has 1 unspecified atom stereocenters. The van der Waals surface area contributed by atoms with Crippen molar-refractivity contribution >= 4 is 38.9 Å². The van der Waals surface area contributed by atoms with Crippen LogP contribution in [0.2, 0.25) is 5.02 Å². The summed E-state index contributed by atoms with van der Waals surface area (Å²) >= 11 is 11.4. The number of rotatable bonds is 6. The van der Waals surface area contributed by atoms with Crippen LogP contribution in [0.3, 0.4) is 0 Å². The maximum Gasteiger partial charge on any atom is 0.0794 e. The molecule has 102 valence electrons. The number of hydrogen-bond donors (Lipinski definition) is 1. The predicted octanol–water partition coefficient (Wildman–Crippen LogP) is 4.84. The minimum absolute atomic E-state index is 0.258. The maximum absolute atomic E-state index is 6.12. The zero-order chi connectivity index (χ0) is 13.7. The van der Waals surface area contributed by atoms with E-state index in [1.165, 1.54) is 10.4 Å². The number of nitrogens with zero attached hydrogens (tertiary/aromatic N) is 1. The van der Waals surface area contributed by atoms with E-state index in [-0.39, 0.29) is 6.04 Å². The Kier molecular flexibility index (Phi) is 5.82. The molecular formula is C14H16BrClN2S. The average molecular weight is 360 g/mol. The molecule has 0 saturated carbocycles. The van der Waals surface area contributed by atoms with Gasteiger partial charge in [-0.1, -0.05) is 34.5 Å². The van der Waals surface area contributed by atoms with Crippen molar-refractivity contribution < 1.29 is 0 Å². The van der Waals surface area contributed by atoms with E-state index in [2.05, 4.69) is 33.2 Å². The quantitative estimate of drug-likeness (QED) is 0.798. The lowest BCUT2D eigenvalue weighted by atomic mass is 10.0. The van der Waals surface area contributed by atoms with Gasteiger partial charge < -0.3 is 5.32 Å². The number of thiazole rings is 1. The third kappa shape index (κ3) is 4.28. The zero-order valence-corrected chi connectivity index (χ0v) is 13.9. The highest BCUT2D eigenvalue weighted by molar-refractivity contribution is 9.10. The first-order valence-corrected chi connectivity index (χ1v) is 8.31. The fraction of sp³-hybridized carbons (Fsp3) is 0.357. The Hall–Kier alpha value is -0.420. The van der Waals surface area contributed by atoms with Gasteiger partial charge in [0.2, 0.25) is 0 Å². The number of hydrogen-bond acceptors (Lipinski definition) is 3. The normalized spacial score (nSPS) is 12.6. The van der Waals surface area contributed by atoms with E-state index in [9.17, 15) is 0 Å². The number of benzene rings is 1. The minimum Gasteiger partial charge on any atom is -0.310 e. The van der Waals surface area contributed by atoms with Crippen LogP contribution in [0.4, 0.5) is 0 Å². The maximum atomic E-state index is 6.12. The molecular weight excluding hydrogens is 344 g/mol. The van der Waals surface area contributed by atoms with Crippen LogP contribution >= 0.6 is 38.9 Å². The summed E-state index contributed by atoms with van der Waals surface area (Å²) in [5, 5.41) is 4.35. The first kappa shape index (κ1) is 15.0. The van der Waals surface area contributed by atoms with Crippen molar-refractivity contribution in [2.45, 2.75) is 25.8 Å². The van der Waals surface area contributed by atoms with Gasteiger partial charge in [0, 0.05) is 33.0 Å². The second-order valence-electron chi connectivity index (χ2n) is 4.34. The van der Waals surface area contributed by atoms with Gasteiger partial charge in [-0.15, -0.1) is 11.3 Å². The summed E-state index contributed by atoms with van der Waals surface area (Å²) in [6, 6.07) is 6.19. The Labute approximate surface area is 131 Å². The van der Waals surface area contributed by atoms with Crippen molar-refractivity contribution in [2.24, 2.45) is 0 Å². The Bertz CT molecular complexity index is 516. The zero-order valence-electron chi connectivity index (χ0n) is 10.7. The molecule has 1 aromatic heterocycles. The highest BCUT2D eigenvalue weighted by Crippen LogP contribution is 2.29. The topological polar surface area (TPSA) is 24.9 Å². The van der Waals surface area contributed by atoms with Crippen molar-refractivity contribution in [2.75, 3.05) is 6.54 Å². The summed E-state index contributed by atoms with van der Waals surface area (Å²) in [5.74, 6) is 0. The van der Waals surface area contributed by atoms with Crippen LogP contribution in [-0.2, 0) is 6.42 Å². The summed E-state index contributed by atoms with van der Waals surface area (Å²) in [6.45, 7) is 3.16. The van der Waals surface area contributed by atoms with Gasteiger partial charge in [0.1, 0.15) is 0 Å². The standard InChI is InChI=1S/C14H16BrClN2S/c1-2-5-18-14(7-11-8-17-9-19-11)12-6-10(16)3-4-13(12)15/h3-4,6,8-9,14,18H,2,5,7H2,1H3. The molecule has 0 radical (unpaired) electrons. The van der Waals surface area contributed by atoms with Gasteiger partial charge in [-0.25, -0.2) is 0 Å². The van der Waals surface area contributed by atoms with Crippen molar-refractivity contribution in [3.63, 3.8) is 0 Å². The van der Waals surface area contributed by atoms with Gasteiger partial charge in [-0.05, 0) is 36.7 Å². The molecule has 1 atom stereocenters. The average Bonchev–Trinajstić information content (AvgIpc) is 2.90. The molecule has 0 aliphatic carbocycles. The lowest BCUT2D eigenvalue weighted by molar-refractivity contribution is 0.530. The minimum atomic E-state index is 0.258. The Balaban J connectivity index is 2.23. The Morgan fingerprint density at radius 1 is 1.47 bits per heavy atom. The number of nitrogens with one attached hydrogen (secondary N) is 1. The summed E-state index contributed by atoms with van der Waals surface area (Å²) in [5.41, 5.74) is 3.08. The Morgan fingerprint density at radius 3 is 3.00 bits per heavy atom. The first-order valence-electron chi connectivity index (χ1n) is 6.26. The monoisotopic (exact) mass is 358 g/mol. The number of halogens is 2. The van der Waals surface area contributed by atoms with E-state index in [0.29, 0.717) is 0 Å². The smallest absolute Gasteiger partial charge is 0.0794 e.